The van der Waals surface area contributed by atoms with Gasteiger partial charge >= 0.3 is 0 Å². The molecule has 6 heteroatoms. The Balaban J connectivity index is 2.63. The summed E-state index contributed by atoms with van der Waals surface area (Å²) in [5, 5.41) is 14.5. The van der Waals surface area contributed by atoms with E-state index in [0.717, 1.165) is 23.7 Å². The Morgan fingerprint density at radius 2 is 2.41 bits per heavy atom. The third-order valence-corrected chi connectivity index (χ3v) is 3.98. The Kier molecular flexibility index (Phi) is 5.80. The van der Waals surface area contributed by atoms with Gasteiger partial charge in [0.25, 0.3) is 0 Å². The van der Waals surface area contributed by atoms with E-state index in [9.17, 15) is 5.11 Å². The van der Waals surface area contributed by atoms with Crippen LogP contribution in [0, 0.1) is 0 Å². The zero-order valence-electron chi connectivity index (χ0n) is 10.6. The molecule has 0 amide bonds. The first-order valence-corrected chi connectivity index (χ1v) is 6.56. The lowest BCUT2D eigenvalue weighted by Crippen LogP contribution is -2.35. The molecule has 0 aliphatic carbocycles. The summed E-state index contributed by atoms with van der Waals surface area (Å²) in [6.45, 7) is 8.92. The summed E-state index contributed by atoms with van der Waals surface area (Å²) in [6.07, 6.45) is 0.0332. The smallest absolute Gasteiger partial charge is 0.238 e. The SMILES string of the molecule is C=NCCC1NC(C)=C(N(CC)C(O)OC)S1. The Labute approximate surface area is 107 Å². The first kappa shape index (κ1) is 14.3. The van der Waals surface area contributed by atoms with E-state index in [0.29, 0.717) is 11.9 Å². The molecule has 1 rings (SSSR count). The maximum absolute atomic E-state index is 9.76. The summed E-state index contributed by atoms with van der Waals surface area (Å²) in [7, 11) is 1.50. The topological polar surface area (TPSA) is 57.1 Å². The van der Waals surface area contributed by atoms with Gasteiger partial charge in [-0.3, -0.25) is 0 Å². The number of hydrogen-bond donors (Lipinski definition) is 2. The van der Waals surface area contributed by atoms with E-state index in [1.165, 1.54) is 7.11 Å². The molecule has 5 nitrogen and oxygen atoms in total. The highest BCUT2D eigenvalue weighted by molar-refractivity contribution is 8.03. The number of hydrogen-bond acceptors (Lipinski definition) is 6. The van der Waals surface area contributed by atoms with Gasteiger partial charge in [-0.2, -0.15) is 0 Å². The van der Waals surface area contributed by atoms with Crippen molar-refractivity contribution in [2.24, 2.45) is 4.99 Å². The van der Waals surface area contributed by atoms with Gasteiger partial charge in [0.15, 0.2) is 0 Å². The van der Waals surface area contributed by atoms with Crippen molar-refractivity contribution < 1.29 is 9.84 Å². The van der Waals surface area contributed by atoms with Gasteiger partial charge in [0, 0.05) is 25.9 Å². The van der Waals surface area contributed by atoms with E-state index in [-0.39, 0.29) is 0 Å². The fraction of sp³-hybridized carbons (Fsp3) is 0.727. The zero-order chi connectivity index (χ0) is 12.8. The summed E-state index contributed by atoms with van der Waals surface area (Å²) >= 11 is 1.70. The van der Waals surface area contributed by atoms with Crippen molar-refractivity contribution in [3.05, 3.63) is 10.7 Å². The fourth-order valence-electron chi connectivity index (χ4n) is 1.71. The summed E-state index contributed by atoms with van der Waals surface area (Å²) in [5.41, 5.74) is 1.07. The maximum atomic E-state index is 9.76. The predicted molar refractivity (Wildman–Crippen MR) is 71.6 cm³/mol. The molecule has 2 atom stereocenters. The molecule has 17 heavy (non-hydrogen) atoms. The minimum absolute atomic E-state index is 0.300. The minimum Gasteiger partial charge on any atom is -0.374 e. The van der Waals surface area contributed by atoms with Crippen molar-refractivity contribution in [2.75, 3.05) is 20.2 Å². The summed E-state index contributed by atoms with van der Waals surface area (Å²) < 4.78 is 4.96. The number of thioether (sulfide) groups is 1. The largest absolute Gasteiger partial charge is 0.374 e. The molecular formula is C11H21N3O2S. The number of ether oxygens (including phenoxy) is 1. The molecule has 0 spiro atoms. The van der Waals surface area contributed by atoms with E-state index in [2.05, 4.69) is 17.0 Å². The average molecular weight is 259 g/mol. The average Bonchev–Trinajstić information content (AvgIpc) is 2.69. The van der Waals surface area contributed by atoms with Crippen LogP contribution < -0.4 is 5.32 Å². The zero-order valence-corrected chi connectivity index (χ0v) is 11.5. The Morgan fingerprint density at radius 1 is 1.71 bits per heavy atom. The highest BCUT2D eigenvalue weighted by Gasteiger charge is 2.27. The number of nitrogens with zero attached hydrogens (tertiary/aromatic N) is 2. The van der Waals surface area contributed by atoms with E-state index in [4.69, 9.17) is 4.74 Å². The number of nitrogens with one attached hydrogen (secondary N) is 1. The van der Waals surface area contributed by atoms with Crippen molar-refractivity contribution in [3.63, 3.8) is 0 Å². The molecule has 1 heterocycles. The Bertz CT molecular complexity index is 296. The molecule has 0 saturated carbocycles. The number of aliphatic hydroxyl groups excluding tert-OH is 1. The molecule has 1 aliphatic rings. The van der Waals surface area contributed by atoms with Crippen molar-refractivity contribution in [3.8, 4) is 0 Å². The van der Waals surface area contributed by atoms with Crippen LogP contribution in [0.15, 0.2) is 15.7 Å². The first-order chi connectivity index (χ1) is 8.13. The highest BCUT2D eigenvalue weighted by atomic mass is 32.2. The molecular weight excluding hydrogens is 238 g/mol. The van der Waals surface area contributed by atoms with E-state index in [1.54, 1.807) is 11.8 Å². The monoisotopic (exact) mass is 259 g/mol. The van der Waals surface area contributed by atoms with Crippen LogP contribution in [0.4, 0.5) is 0 Å². The lowest BCUT2D eigenvalue weighted by atomic mass is 10.4. The third-order valence-electron chi connectivity index (χ3n) is 2.58. The van der Waals surface area contributed by atoms with Crippen LogP contribution in [0.5, 0.6) is 0 Å². The van der Waals surface area contributed by atoms with Crippen molar-refractivity contribution in [1.29, 1.82) is 0 Å². The van der Waals surface area contributed by atoms with E-state index < -0.39 is 6.41 Å². The maximum Gasteiger partial charge on any atom is 0.238 e. The Hall–Kier alpha value is -0.720. The van der Waals surface area contributed by atoms with Gasteiger partial charge in [-0.1, -0.05) is 11.8 Å². The van der Waals surface area contributed by atoms with Gasteiger partial charge < -0.3 is 25.1 Å². The van der Waals surface area contributed by atoms with Gasteiger partial charge in [0.2, 0.25) is 6.41 Å². The van der Waals surface area contributed by atoms with Crippen LogP contribution in [0.3, 0.4) is 0 Å². The number of methoxy groups -OCH3 is 1. The molecule has 0 aromatic heterocycles. The summed E-state index contributed by atoms with van der Waals surface area (Å²) in [5.74, 6) is 0. The molecule has 0 radical (unpaired) electrons. The van der Waals surface area contributed by atoms with Gasteiger partial charge in [0.1, 0.15) is 0 Å². The summed E-state index contributed by atoms with van der Waals surface area (Å²) in [4.78, 5) is 5.68. The van der Waals surface area contributed by atoms with Gasteiger partial charge in [0.05, 0.1) is 10.4 Å². The van der Waals surface area contributed by atoms with E-state index >= 15 is 0 Å². The predicted octanol–water partition coefficient (Wildman–Crippen LogP) is 1.17. The quantitative estimate of drug-likeness (QED) is 0.531. The highest BCUT2D eigenvalue weighted by Crippen LogP contribution is 2.35. The van der Waals surface area contributed by atoms with Crippen LogP contribution in [0.1, 0.15) is 20.3 Å². The van der Waals surface area contributed by atoms with Gasteiger partial charge in [-0.05, 0) is 27.0 Å². The van der Waals surface area contributed by atoms with Crippen LogP contribution in [0.25, 0.3) is 0 Å². The number of aliphatic imine (C=N–C) groups is 1. The van der Waals surface area contributed by atoms with Crippen LogP contribution in [-0.4, -0.2) is 48.7 Å². The number of aliphatic hydroxyl groups is 1. The normalized spacial score (nSPS) is 21.3. The minimum atomic E-state index is -0.893. The second-order valence-electron chi connectivity index (χ2n) is 3.76. The number of allylic oxidation sites excluding steroid dienone is 1. The molecule has 1 aliphatic heterocycles. The molecule has 98 valence electrons. The molecule has 0 saturated heterocycles. The first-order valence-electron chi connectivity index (χ1n) is 5.68. The van der Waals surface area contributed by atoms with Crippen molar-refractivity contribution in [2.45, 2.75) is 32.1 Å². The summed E-state index contributed by atoms with van der Waals surface area (Å²) in [6, 6.07) is 0. The fourth-order valence-corrected chi connectivity index (χ4v) is 3.02. The second kappa shape index (κ2) is 6.88. The number of rotatable bonds is 7. The Morgan fingerprint density at radius 3 is 2.94 bits per heavy atom. The van der Waals surface area contributed by atoms with Crippen LogP contribution in [0.2, 0.25) is 0 Å². The van der Waals surface area contributed by atoms with Crippen molar-refractivity contribution in [1.82, 2.24) is 10.2 Å². The van der Waals surface area contributed by atoms with Crippen LogP contribution in [-0.2, 0) is 4.74 Å². The molecule has 0 bridgehead atoms. The van der Waals surface area contributed by atoms with Gasteiger partial charge in [-0.25, -0.2) is 0 Å². The molecule has 2 N–H and O–H groups in total. The third kappa shape index (κ3) is 3.62. The standard InChI is InChI=1S/C11H21N3O2S/c1-5-14(11(15)16-4)10-8(2)13-9(17-10)6-7-12-3/h9,11,13,15H,3,5-7H2,1-2,4H3. The molecule has 2 unspecified atom stereocenters. The van der Waals surface area contributed by atoms with E-state index in [1.807, 2.05) is 18.7 Å². The lowest BCUT2D eigenvalue weighted by Gasteiger charge is -2.28. The lowest BCUT2D eigenvalue weighted by molar-refractivity contribution is -0.159. The van der Waals surface area contributed by atoms with Crippen molar-refractivity contribution >= 4 is 18.5 Å². The molecule has 0 aromatic carbocycles. The molecule has 0 aromatic rings. The van der Waals surface area contributed by atoms with Gasteiger partial charge in [-0.15, -0.1) is 0 Å². The molecule has 0 fully saturated rings. The van der Waals surface area contributed by atoms with Crippen LogP contribution >= 0.6 is 11.8 Å². The second-order valence-corrected chi connectivity index (χ2v) is 4.96.